The van der Waals surface area contributed by atoms with Gasteiger partial charge in [-0.25, -0.2) is 0 Å². The van der Waals surface area contributed by atoms with Crippen molar-refractivity contribution in [1.29, 1.82) is 0 Å². The summed E-state index contributed by atoms with van der Waals surface area (Å²) < 4.78 is 7.36. The fourth-order valence-electron chi connectivity index (χ4n) is 4.36. The van der Waals surface area contributed by atoms with Gasteiger partial charge < -0.3 is 19.5 Å². The molecule has 1 fully saturated rings. The molecule has 2 aromatic carbocycles. The number of nitrogens with one attached hydrogen (secondary N) is 1. The third-order valence-electron chi connectivity index (χ3n) is 6.13. The Labute approximate surface area is 194 Å². The molecule has 0 radical (unpaired) electrons. The first-order valence-electron chi connectivity index (χ1n) is 11.2. The van der Waals surface area contributed by atoms with E-state index < -0.39 is 0 Å². The van der Waals surface area contributed by atoms with Crippen molar-refractivity contribution in [3.63, 3.8) is 0 Å². The van der Waals surface area contributed by atoms with Gasteiger partial charge in [-0.1, -0.05) is 30.2 Å². The zero-order valence-corrected chi connectivity index (χ0v) is 19.5. The van der Waals surface area contributed by atoms with Crippen molar-refractivity contribution in [3.05, 3.63) is 70.9 Å². The SMILES string of the molecule is COc1ccc(-c2cc(C(=O)NCCN3CCCCC3)c(C)n2-c2ccccc2Cl)cc1. The number of hydrogen-bond acceptors (Lipinski definition) is 3. The summed E-state index contributed by atoms with van der Waals surface area (Å²) in [5.74, 6) is 0.733. The van der Waals surface area contributed by atoms with Gasteiger partial charge in [0.05, 0.1) is 29.1 Å². The highest BCUT2D eigenvalue weighted by atomic mass is 35.5. The number of methoxy groups -OCH3 is 1. The number of carbonyl (C=O) groups is 1. The van der Waals surface area contributed by atoms with Gasteiger partial charge in [0.15, 0.2) is 0 Å². The van der Waals surface area contributed by atoms with Gasteiger partial charge in [-0.3, -0.25) is 4.79 Å². The van der Waals surface area contributed by atoms with E-state index in [4.69, 9.17) is 16.3 Å². The van der Waals surface area contributed by atoms with Crippen LogP contribution in [0.25, 0.3) is 16.9 Å². The molecule has 1 aliphatic heterocycles. The summed E-state index contributed by atoms with van der Waals surface area (Å²) in [6.45, 7) is 5.75. The summed E-state index contributed by atoms with van der Waals surface area (Å²) in [6.07, 6.45) is 3.81. The van der Waals surface area contributed by atoms with Crippen LogP contribution in [0.15, 0.2) is 54.6 Å². The molecule has 1 aliphatic rings. The number of piperidine rings is 1. The van der Waals surface area contributed by atoms with Crippen molar-refractivity contribution in [3.8, 4) is 22.7 Å². The summed E-state index contributed by atoms with van der Waals surface area (Å²) in [7, 11) is 1.65. The molecule has 3 aromatic rings. The molecule has 5 nitrogen and oxygen atoms in total. The van der Waals surface area contributed by atoms with E-state index in [0.29, 0.717) is 17.1 Å². The Hall–Kier alpha value is -2.76. The summed E-state index contributed by atoms with van der Waals surface area (Å²) in [6, 6.07) is 17.5. The summed E-state index contributed by atoms with van der Waals surface area (Å²) >= 11 is 6.55. The minimum atomic E-state index is -0.0555. The molecular weight excluding hydrogens is 422 g/mol. The zero-order valence-electron chi connectivity index (χ0n) is 18.7. The number of aromatic nitrogens is 1. The van der Waals surface area contributed by atoms with Crippen LogP contribution in [0.2, 0.25) is 5.02 Å². The van der Waals surface area contributed by atoms with Gasteiger partial charge in [0.2, 0.25) is 0 Å². The summed E-state index contributed by atoms with van der Waals surface area (Å²) in [4.78, 5) is 15.5. The molecule has 2 heterocycles. The minimum absolute atomic E-state index is 0.0555. The predicted molar refractivity (Wildman–Crippen MR) is 130 cm³/mol. The van der Waals surface area contributed by atoms with Crippen molar-refractivity contribution >= 4 is 17.5 Å². The lowest BCUT2D eigenvalue weighted by Gasteiger charge is -2.26. The van der Waals surface area contributed by atoms with E-state index in [1.54, 1.807) is 7.11 Å². The highest BCUT2D eigenvalue weighted by molar-refractivity contribution is 6.32. The number of halogens is 1. The molecule has 0 aliphatic carbocycles. The molecule has 0 unspecified atom stereocenters. The normalized spacial score (nSPS) is 14.3. The number of hydrogen-bond donors (Lipinski definition) is 1. The lowest BCUT2D eigenvalue weighted by molar-refractivity contribution is 0.0946. The van der Waals surface area contributed by atoms with E-state index in [2.05, 4.69) is 14.8 Å². The van der Waals surface area contributed by atoms with E-state index in [0.717, 1.165) is 48.0 Å². The smallest absolute Gasteiger partial charge is 0.253 e. The highest BCUT2D eigenvalue weighted by Crippen LogP contribution is 2.33. The lowest BCUT2D eigenvalue weighted by Crippen LogP contribution is -2.37. The zero-order chi connectivity index (χ0) is 22.5. The summed E-state index contributed by atoms with van der Waals surface area (Å²) in [5, 5.41) is 3.75. The van der Waals surface area contributed by atoms with Gasteiger partial charge >= 0.3 is 0 Å². The van der Waals surface area contributed by atoms with Crippen LogP contribution in [0.1, 0.15) is 35.3 Å². The quantitative estimate of drug-likeness (QED) is 0.528. The predicted octanol–water partition coefficient (Wildman–Crippen LogP) is 5.33. The van der Waals surface area contributed by atoms with Crippen LogP contribution in [0.3, 0.4) is 0 Å². The molecule has 0 saturated carbocycles. The van der Waals surface area contributed by atoms with Gasteiger partial charge in [-0.2, -0.15) is 0 Å². The first-order valence-corrected chi connectivity index (χ1v) is 11.6. The third-order valence-corrected chi connectivity index (χ3v) is 6.45. The monoisotopic (exact) mass is 451 g/mol. The van der Waals surface area contributed by atoms with Crippen LogP contribution in [0.4, 0.5) is 0 Å². The van der Waals surface area contributed by atoms with Crippen molar-refractivity contribution in [2.24, 2.45) is 0 Å². The first-order chi connectivity index (χ1) is 15.6. The number of carbonyl (C=O) groups excluding carboxylic acids is 1. The Morgan fingerprint density at radius 1 is 1.06 bits per heavy atom. The molecule has 4 rings (SSSR count). The fraction of sp³-hybridized carbons (Fsp3) is 0.346. The number of nitrogens with zero attached hydrogens (tertiary/aromatic N) is 2. The number of likely N-dealkylation sites (tertiary alicyclic amines) is 1. The van der Waals surface area contributed by atoms with E-state index in [9.17, 15) is 4.79 Å². The van der Waals surface area contributed by atoms with Crippen LogP contribution in [-0.2, 0) is 0 Å². The number of rotatable bonds is 7. The second-order valence-corrected chi connectivity index (χ2v) is 8.61. The fourth-order valence-corrected chi connectivity index (χ4v) is 4.58. The Kier molecular flexibility index (Phi) is 7.18. The van der Waals surface area contributed by atoms with Crippen molar-refractivity contribution in [2.75, 3.05) is 33.3 Å². The van der Waals surface area contributed by atoms with Crippen LogP contribution < -0.4 is 10.1 Å². The Morgan fingerprint density at radius 2 is 1.78 bits per heavy atom. The van der Waals surface area contributed by atoms with Gasteiger partial charge in [0.25, 0.3) is 5.91 Å². The highest BCUT2D eigenvalue weighted by Gasteiger charge is 2.21. The topological polar surface area (TPSA) is 46.5 Å². The van der Waals surface area contributed by atoms with Crippen molar-refractivity contribution in [2.45, 2.75) is 26.2 Å². The maximum atomic E-state index is 13.1. The van der Waals surface area contributed by atoms with Crippen molar-refractivity contribution < 1.29 is 9.53 Å². The Balaban J connectivity index is 1.64. The van der Waals surface area contributed by atoms with Crippen molar-refractivity contribution in [1.82, 2.24) is 14.8 Å². The number of benzene rings is 2. The first kappa shape index (κ1) is 22.4. The van der Waals surface area contributed by atoms with Crippen LogP contribution in [0, 0.1) is 6.92 Å². The standard InChI is InChI=1S/C26H30ClN3O2/c1-19-22(26(31)28-14-17-29-15-6-3-7-16-29)18-25(20-10-12-21(32-2)13-11-20)30(19)24-9-5-4-8-23(24)27/h4-5,8-13,18H,3,6-7,14-17H2,1-2H3,(H,28,31). The maximum absolute atomic E-state index is 13.1. The number of para-hydroxylation sites is 1. The minimum Gasteiger partial charge on any atom is -0.497 e. The van der Waals surface area contributed by atoms with Gasteiger partial charge in [0, 0.05) is 18.8 Å². The van der Waals surface area contributed by atoms with Crippen LogP contribution >= 0.6 is 11.6 Å². The Morgan fingerprint density at radius 3 is 2.47 bits per heavy atom. The van der Waals surface area contributed by atoms with E-state index in [-0.39, 0.29) is 5.91 Å². The third kappa shape index (κ3) is 4.84. The lowest BCUT2D eigenvalue weighted by atomic mass is 10.1. The average molecular weight is 452 g/mol. The van der Waals surface area contributed by atoms with Gasteiger partial charge in [0.1, 0.15) is 5.75 Å². The molecule has 1 aromatic heterocycles. The molecular formula is C26H30ClN3O2. The summed E-state index contributed by atoms with van der Waals surface area (Å²) in [5.41, 5.74) is 4.28. The van der Waals surface area contributed by atoms with E-state index in [1.807, 2.05) is 61.5 Å². The van der Waals surface area contributed by atoms with Crippen LogP contribution in [-0.4, -0.2) is 48.7 Å². The molecule has 1 saturated heterocycles. The second kappa shape index (κ2) is 10.2. The molecule has 1 amide bonds. The maximum Gasteiger partial charge on any atom is 0.253 e. The number of ether oxygens (including phenoxy) is 1. The second-order valence-electron chi connectivity index (χ2n) is 8.20. The van der Waals surface area contributed by atoms with E-state index in [1.165, 1.54) is 19.3 Å². The molecule has 0 spiro atoms. The molecule has 6 heteroatoms. The van der Waals surface area contributed by atoms with Crippen LogP contribution in [0.5, 0.6) is 5.75 Å². The van der Waals surface area contributed by atoms with Gasteiger partial charge in [-0.05, 0) is 80.9 Å². The molecule has 0 bridgehead atoms. The molecule has 32 heavy (non-hydrogen) atoms. The molecule has 0 atom stereocenters. The molecule has 1 N–H and O–H groups in total. The van der Waals surface area contributed by atoms with Gasteiger partial charge in [-0.15, -0.1) is 0 Å². The average Bonchev–Trinajstić information content (AvgIpc) is 3.17. The largest absolute Gasteiger partial charge is 0.497 e. The number of amides is 1. The Bertz CT molecular complexity index is 1070. The van der Waals surface area contributed by atoms with E-state index >= 15 is 0 Å². The molecule has 168 valence electrons.